The highest BCUT2D eigenvalue weighted by molar-refractivity contribution is 5.88. The van der Waals surface area contributed by atoms with E-state index < -0.39 is 0 Å². The third-order valence-corrected chi connectivity index (χ3v) is 3.94. The van der Waals surface area contributed by atoms with Crippen LogP contribution >= 0.6 is 0 Å². The first-order valence-corrected chi connectivity index (χ1v) is 7.23. The smallest absolute Gasteiger partial charge is 0.221 e. The number of hydrogen-bond acceptors (Lipinski definition) is 3. The molecule has 0 saturated carbocycles. The van der Waals surface area contributed by atoms with Crippen LogP contribution in [-0.2, 0) is 11.3 Å². The average Bonchev–Trinajstić information content (AvgIpc) is 2.45. The second-order valence-electron chi connectivity index (χ2n) is 5.35. The van der Waals surface area contributed by atoms with Gasteiger partial charge >= 0.3 is 0 Å². The number of rotatable bonds is 8. The standard InChI is InChI=1S/C16H26N2O2/c1-4-16(5-2,12-19)11-17-10-14-6-8-15(9-7-14)18-13(3)20/h6-9,17,19H,4-5,10-12H2,1-3H3,(H,18,20). The Hall–Kier alpha value is -1.39. The number of nitrogens with one attached hydrogen (secondary N) is 2. The SMILES string of the molecule is CCC(CC)(CO)CNCc1ccc(NC(C)=O)cc1. The second-order valence-corrected chi connectivity index (χ2v) is 5.35. The van der Waals surface area contributed by atoms with E-state index in [2.05, 4.69) is 24.5 Å². The molecule has 3 N–H and O–H groups in total. The Balaban J connectivity index is 2.47. The number of aliphatic hydroxyl groups is 1. The highest BCUT2D eigenvalue weighted by Gasteiger charge is 2.24. The number of anilines is 1. The van der Waals surface area contributed by atoms with Crippen molar-refractivity contribution in [2.75, 3.05) is 18.5 Å². The third kappa shape index (κ3) is 4.94. The first kappa shape index (κ1) is 16.7. The van der Waals surface area contributed by atoms with Gasteiger partial charge in [0.2, 0.25) is 5.91 Å². The maximum Gasteiger partial charge on any atom is 0.221 e. The molecule has 4 heteroatoms. The summed E-state index contributed by atoms with van der Waals surface area (Å²) >= 11 is 0. The van der Waals surface area contributed by atoms with Crippen LogP contribution in [0.25, 0.3) is 0 Å². The van der Waals surface area contributed by atoms with Gasteiger partial charge in [-0.1, -0.05) is 26.0 Å². The molecule has 0 atom stereocenters. The zero-order valence-electron chi connectivity index (χ0n) is 12.7. The van der Waals surface area contributed by atoms with Gasteiger partial charge in [-0.3, -0.25) is 4.79 Å². The monoisotopic (exact) mass is 278 g/mol. The highest BCUT2D eigenvalue weighted by atomic mass is 16.3. The van der Waals surface area contributed by atoms with Crippen molar-refractivity contribution in [2.45, 2.75) is 40.2 Å². The molecule has 0 radical (unpaired) electrons. The number of carbonyl (C=O) groups excluding carboxylic acids is 1. The van der Waals surface area contributed by atoms with Crippen molar-refractivity contribution in [2.24, 2.45) is 5.41 Å². The van der Waals surface area contributed by atoms with Crippen LogP contribution in [0.4, 0.5) is 5.69 Å². The number of amides is 1. The first-order valence-electron chi connectivity index (χ1n) is 7.23. The Bertz CT molecular complexity index is 403. The Morgan fingerprint density at radius 1 is 1.20 bits per heavy atom. The molecule has 0 aliphatic carbocycles. The molecule has 0 saturated heterocycles. The fraction of sp³-hybridized carbons (Fsp3) is 0.562. The van der Waals surface area contributed by atoms with Crippen LogP contribution in [0.2, 0.25) is 0 Å². The number of aliphatic hydroxyl groups excluding tert-OH is 1. The van der Waals surface area contributed by atoms with Crippen LogP contribution < -0.4 is 10.6 Å². The molecule has 112 valence electrons. The van der Waals surface area contributed by atoms with Crippen molar-refractivity contribution in [3.63, 3.8) is 0 Å². The summed E-state index contributed by atoms with van der Waals surface area (Å²) < 4.78 is 0. The van der Waals surface area contributed by atoms with E-state index in [1.165, 1.54) is 6.92 Å². The van der Waals surface area contributed by atoms with Gasteiger partial charge in [0.25, 0.3) is 0 Å². The van der Waals surface area contributed by atoms with Gasteiger partial charge in [0, 0.05) is 37.7 Å². The molecule has 0 bridgehead atoms. The zero-order valence-corrected chi connectivity index (χ0v) is 12.7. The molecular formula is C16H26N2O2. The summed E-state index contributed by atoms with van der Waals surface area (Å²) in [6, 6.07) is 7.79. The van der Waals surface area contributed by atoms with Crippen molar-refractivity contribution in [1.82, 2.24) is 5.32 Å². The predicted octanol–water partition coefficient (Wildman–Crippen LogP) is 2.53. The van der Waals surface area contributed by atoms with E-state index in [0.29, 0.717) is 0 Å². The van der Waals surface area contributed by atoms with E-state index in [1.54, 1.807) is 0 Å². The van der Waals surface area contributed by atoms with Crippen LogP contribution in [0.15, 0.2) is 24.3 Å². The molecular weight excluding hydrogens is 252 g/mol. The minimum Gasteiger partial charge on any atom is -0.396 e. The Kier molecular flexibility index (Phi) is 6.68. The fourth-order valence-electron chi connectivity index (χ4n) is 2.16. The van der Waals surface area contributed by atoms with Gasteiger partial charge in [0.1, 0.15) is 0 Å². The predicted molar refractivity (Wildman–Crippen MR) is 82.6 cm³/mol. The van der Waals surface area contributed by atoms with Gasteiger partial charge < -0.3 is 15.7 Å². The fourth-order valence-corrected chi connectivity index (χ4v) is 2.16. The maximum absolute atomic E-state index is 10.9. The molecule has 4 nitrogen and oxygen atoms in total. The minimum atomic E-state index is -0.0607. The lowest BCUT2D eigenvalue weighted by molar-refractivity contribution is -0.114. The summed E-state index contributed by atoms with van der Waals surface area (Å²) in [6.45, 7) is 7.52. The molecule has 0 aliphatic rings. The van der Waals surface area contributed by atoms with Crippen LogP contribution in [-0.4, -0.2) is 24.2 Å². The zero-order chi connectivity index (χ0) is 15.0. The summed E-state index contributed by atoms with van der Waals surface area (Å²) in [7, 11) is 0. The number of carbonyl (C=O) groups is 1. The Morgan fingerprint density at radius 2 is 1.80 bits per heavy atom. The molecule has 20 heavy (non-hydrogen) atoms. The van der Waals surface area contributed by atoms with Gasteiger partial charge in [-0.15, -0.1) is 0 Å². The number of benzene rings is 1. The lowest BCUT2D eigenvalue weighted by Crippen LogP contribution is -2.36. The normalized spacial score (nSPS) is 11.4. The largest absolute Gasteiger partial charge is 0.396 e. The van der Waals surface area contributed by atoms with E-state index in [0.717, 1.165) is 37.2 Å². The molecule has 1 rings (SSSR count). The maximum atomic E-state index is 10.9. The molecule has 0 heterocycles. The molecule has 1 aromatic carbocycles. The van der Waals surface area contributed by atoms with Gasteiger partial charge in [-0.25, -0.2) is 0 Å². The summed E-state index contributed by atoms with van der Waals surface area (Å²) in [5.74, 6) is -0.0607. The van der Waals surface area contributed by atoms with Crippen molar-refractivity contribution in [3.05, 3.63) is 29.8 Å². The van der Waals surface area contributed by atoms with Crippen LogP contribution in [0.3, 0.4) is 0 Å². The average molecular weight is 278 g/mol. The lowest BCUT2D eigenvalue weighted by Gasteiger charge is -2.29. The molecule has 0 aromatic heterocycles. The van der Waals surface area contributed by atoms with Crippen molar-refractivity contribution >= 4 is 11.6 Å². The Morgan fingerprint density at radius 3 is 2.25 bits per heavy atom. The van der Waals surface area contributed by atoms with Gasteiger partial charge in [-0.05, 0) is 30.5 Å². The van der Waals surface area contributed by atoms with E-state index >= 15 is 0 Å². The summed E-state index contributed by atoms with van der Waals surface area (Å²) in [6.07, 6.45) is 1.93. The minimum absolute atomic E-state index is 0.0177. The lowest BCUT2D eigenvalue weighted by atomic mass is 9.83. The molecule has 1 amide bonds. The van der Waals surface area contributed by atoms with E-state index in [1.807, 2.05) is 24.3 Å². The molecule has 1 aromatic rings. The van der Waals surface area contributed by atoms with Gasteiger partial charge in [-0.2, -0.15) is 0 Å². The van der Waals surface area contributed by atoms with Crippen molar-refractivity contribution in [3.8, 4) is 0 Å². The quantitative estimate of drug-likeness (QED) is 0.685. The first-order chi connectivity index (χ1) is 9.55. The molecule has 0 aliphatic heterocycles. The molecule has 0 spiro atoms. The van der Waals surface area contributed by atoms with Crippen molar-refractivity contribution in [1.29, 1.82) is 0 Å². The highest BCUT2D eigenvalue weighted by Crippen LogP contribution is 2.24. The third-order valence-electron chi connectivity index (χ3n) is 3.94. The summed E-state index contributed by atoms with van der Waals surface area (Å²) in [5, 5.41) is 15.7. The van der Waals surface area contributed by atoms with Crippen LogP contribution in [0, 0.1) is 5.41 Å². The van der Waals surface area contributed by atoms with E-state index in [4.69, 9.17) is 0 Å². The molecule has 0 unspecified atom stereocenters. The van der Waals surface area contributed by atoms with Crippen LogP contribution in [0.5, 0.6) is 0 Å². The summed E-state index contributed by atoms with van der Waals surface area (Å²) in [4.78, 5) is 10.9. The van der Waals surface area contributed by atoms with Crippen LogP contribution in [0.1, 0.15) is 39.2 Å². The second kappa shape index (κ2) is 8.02. The molecule has 0 fully saturated rings. The van der Waals surface area contributed by atoms with E-state index in [-0.39, 0.29) is 17.9 Å². The van der Waals surface area contributed by atoms with E-state index in [9.17, 15) is 9.90 Å². The van der Waals surface area contributed by atoms with Gasteiger partial charge in [0.05, 0.1) is 0 Å². The number of hydrogen-bond donors (Lipinski definition) is 3. The van der Waals surface area contributed by atoms with Crippen molar-refractivity contribution < 1.29 is 9.90 Å². The van der Waals surface area contributed by atoms with Gasteiger partial charge in [0.15, 0.2) is 0 Å². The topological polar surface area (TPSA) is 61.4 Å². The summed E-state index contributed by atoms with van der Waals surface area (Å²) in [5.41, 5.74) is 1.96. The Labute approximate surface area is 121 Å².